The number of hydrogen-bond donors (Lipinski definition) is 2. The summed E-state index contributed by atoms with van der Waals surface area (Å²) in [4.78, 5) is 12.2. The summed E-state index contributed by atoms with van der Waals surface area (Å²) in [5, 5.41) is 6.90. The minimum Gasteiger partial charge on any atom is -0.354 e. The summed E-state index contributed by atoms with van der Waals surface area (Å²) in [5.41, 5.74) is 2.98. The van der Waals surface area contributed by atoms with E-state index >= 15 is 0 Å². The fraction of sp³-hybridized carbons (Fsp3) is 0.632. The molecular formula is C19H28N2O. The van der Waals surface area contributed by atoms with Crippen molar-refractivity contribution in [1.29, 1.82) is 0 Å². The van der Waals surface area contributed by atoms with Crippen LogP contribution in [0.5, 0.6) is 0 Å². The molecule has 0 aliphatic heterocycles. The fourth-order valence-corrected chi connectivity index (χ4v) is 3.99. The maximum absolute atomic E-state index is 12.2. The predicted molar refractivity (Wildman–Crippen MR) is 89.8 cm³/mol. The van der Waals surface area contributed by atoms with E-state index in [-0.39, 0.29) is 17.9 Å². The minimum atomic E-state index is 0.192. The van der Waals surface area contributed by atoms with E-state index in [0.29, 0.717) is 12.1 Å². The summed E-state index contributed by atoms with van der Waals surface area (Å²) >= 11 is 0. The number of hydrogen-bond acceptors (Lipinski definition) is 2. The molecule has 0 spiro atoms. The Kier molecular flexibility index (Phi) is 4.82. The lowest BCUT2D eigenvalue weighted by Gasteiger charge is -2.31. The molecule has 3 nitrogen and oxygen atoms in total. The van der Waals surface area contributed by atoms with Gasteiger partial charge in [0.2, 0.25) is 5.91 Å². The van der Waals surface area contributed by atoms with Gasteiger partial charge in [-0.05, 0) is 57.1 Å². The predicted octanol–water partition coefficient (Wildman–Crippen LogP) is 2.83. The van der Waals surface area contributed by atoms with E-state index in [0.717, 1.165) is 32.1 Å². The Bertz CT molecular complexity index is 501. The number of nitrogens with one attached hydrogen (secondary N) is 2. The van der Waals surface area contributed by atoms with Crippen molar-refractivity contribution in [2.45, 2.75) is 70.5 Å². The average molecular weight is 300 g/mol. The van der Waals surface area contributed by atoms with Crippen molar-refractivity contribution < 1.29 is 4.79 Å². The number of carbonyl (C=O) groups excluding carboxylic acids is 1. The maximum atomic E-state index is 12.2. The molecule has 2 atom stereocenters. The molecule has 0 bridgehead atoms. The maximum Gasteiger partial charge on any atom is 0.223 e. The molecular weight excluding hydrogens is 272 g/mol. The Labute approximate surface area is 133 Å². The Hall–Kier alpha value is -1.35. The van der Waals surface area contributed by atoms with Gasteiger partial charge in [-0.3, -0.25) is 4.79 Å². The standard InChI is InChI=1S/C19H28N2O/c1-13(2)20-19(22)16-8-5-9-17(12-16)21-18-10-14-6-3-4-7-15(14)11-18/h3-4,6-7,13,16-18,21H,5,8-12H2,1-2H3,(H,20,22)/t16-,17+/m0/s1. The normalized spacial score (nSPS) is 25.2. The largest absolute Gasteiger partial charge is 0.354 e. The first-order valence-electron chi connectivity index (χ1n) is 8.75. The van der Waals surface area contributed by atoms with Gasteiger partial charge in [0.15, 0.2) is 0 Å². The highest BCUT2D eigenvalue weighted by Crippen LogP contribution is 2.27. The van der Waals surface area contributed by atoms with Crippen molar-refractivity contribution in [2.24, 2.45) is 5.92 Å². The molecule has 1 amide bonds. The highest BCUT2D eigenvalue weighted by atomic mass is 16.1. The molecule has 120 valence electrons. The van der Waals surface area contributed by atoms with Gasteiger partial charge < -0.3 is 10.6 Å². The molecule has 3 rings (SSSR count). The zero-order valence-electron chi connectivity index (χ0n) is 13.8. The van der Waals surface area contributed by atoms with Crippen LogP contribution >= 0.6 is 0 Å². The van der Waals surface area contributed by atoms with Gasteiger partial charge >= 0.3 is 0 Å². The number of fused-ring (bicyclic) bond motifs is 1. The third-order valence-electron chi connectivity index (χ3n) is 5.00. The van der Waals surface area contributed by atoms with Crippen molar-refractivity contribution in [3.8, 4) is 0 Å². The monoisotopic (exact) mass is 300 g/mol. The van der Waals surface area contributed by atoms with Crippen LogP contribution in [0.3, 0.4) is 0 Å². The first-order chi connectivity index (χ1) is 10.6. The van der Waals surface area contributed by atoms with Crippen molar-refractivity contribution in [2.75, 3.05) is 0 Å². The molecule has 2 N–H and O–H groups in total. The van der Waals surface area contributed by atoms with Crippen LogP contribution in [-0.2, 0) is 17.6 Å². The van der Waals surface area contributed by atoms with Crippen LogP contribution < -0.4 is 10.6 Å². The molecule has 0 radical (unpaired) electrons. The van der Waals surface area contributed by atoms with Crippen molar-refractivity contribution in [1.82, 2.24) is 10.6 Å². The van der Waals surface area contributed by atoms with Crippen molar-refractivity contribution in [3.63, 3.8) is 0 Å². The lowest BCUT2D eigenvalue weighted by atomic mass is 9.84. The van der Waals surface area contributed by atoms with Gasteiger partial charge in [-0.25, -0.2) is 0 Å². The van der Waals surface area contributed by atoms with Crippen LogP contribution in [0.1, 0.15) is 50.7 Å². The molecule has 22 heavy (non-hydrogen) atoms. The van der Waals surface area contributed by atoms with Gasteiger partial charge in [0.25, 0.3) is 0 Å². The second kappa shape index (κ2) is 6.82. The van der Waals surface area contributed by atoms with Gasteiger partial charge in [0.1, 0.15) is 0 Å². The van der Waals surface area contributed by atoms with E-state index < -0.39 is 0 Å². The number of carbonyl (C=O) groups is 1. The average Bonchev–Trinajstić information content (AvgIpc) is 2.89. The highest BCUT2D eigenvalue weighted by Gasteiger charge is 2.30. The summed E-state index contributed by atoms with van der Waals surface area (Å²) in [6.45, 7) is 4.07. The summed E-state index contributed by atoms with van der Waals surface area (Å²) in [6.07, 6.45) is 6.67. The van der Waals surface area contributed by atoms with E-state index in [4.69, 9.17) is 0 Å². The summed E-state index contributed by atoms with van der Waals surface area (Å²) in [6, 6.07) is 10.0. The zero-order valence-corrected chi connectivity index (χ0v) is 13.8. The van der Waals surface area contributed by atoms with Crippen LogP contribution in [0.25, 0.3) is 0 Å². The highest BCUT2D eigenvalue weighted by molar-refractivity contribution is 5.79. The van der Waals surface area contributed by atoms with Crippen LogP contribution in [0, 0.1) is 5.92 Å². The zero-order chi connectivity index (χ0) is 15.5. The minimum absolute atomic E-state index is 0.192. The van der Waals surface area contributed by atoms with Gasteiger partial charge in [0.05, 0.1) is 0 Å². The summed E-state index contributed by atoms with van der Waals surface area (Å²) in [7, 11) is 0. The molecule has 1 aromatic carbocycles. The lowest BCUT2D eigenvalue weighted by molar-refractivity contribution is -0.126. The van der Waals surface area contributed by atoms with Crippen LogP contribution in [0.2, 0.25) is 0 Å². The van der Waals surface area contributed by atoms with Gasteiger partial charge in [-0.15, -0.1) is 0 Å². The van der Waals surface area contributed by atoms with E-state index in [1.54, 1.807) is 0 Å². The molecule has 2 aliphatic carbocycles. The SMILES string of the molecule is CC(C)NC(=O)[C@H]1CCC[C@@H](NC2Cc3ccccc3C2)C1. The van der Waals surface area contributed by atoms with E-state index in [9.17, 15) is 4.79 Å². The second-order valence-electron chi connectivity index (χ2n) is 7.26. The molecule has 2 aliphatic rings. The molecule has 1 saturated carbocycles. The van der Waals surface area contributed by atoms with Crippen molar-refractivity contribution >= 4 is 5.91 Å². The van der Waals surface area contributed by atoms with Crippen LogP contribution in [0.15, 0.2) is 24.3 Å². The van der Waals surface area contributed by atoms with E-state index in [1.165, 1.54) is 17.5 Å². The van der Waals surface area contributed by atoms with E-state index in [1.807, 2.05) is 13.8 Å². The molecule has 0 saturated heterocycles. The Morgan fingerprint density at radius 2 is 1.77 bits per heavy atom. The number of benzene rings is 1. The van der Waals surface area contributed by atoms with Gasteiger partial charge in [-0.2, -0.15) is 0 Å². The third-order valence-corrected chi connectivity index (χ3v) is 5.00. The fourth-order valence-electron chi connectivity index (χ4n) is 3.99. The van der Waals surface area contributed by atoms with Gasteiger partial charge in [-0.1, -0.05) is 30.7 Å². The number of rotatable bonds is 4. The Morgan fingerprint density at radius 1 is 1.09 bits per heavy atom. The van der Waals surface area contributed by atoms with Gasteiger partial charge in [0, 0.05) is 24.0 Å². The topological polar surface area (TPSA) is 41.1 Å². The third kappa shape index (κ3) is 3.70. The molecule has 0 unspecified atom stereocenters. The molecule has 0 aromatic heterocycles. The van der Waals surface area contributed by atoms with Crippen LogP contribution in [-0.4, -0.2) is 24.0 Å². The van der Waals surface area contributed by atoms with Crippen molar-refractivity contribution in [3.05, 3.63) is 35.4 Å². The number of amides is 1. The molecule has 1 fully saturated rings. The lowest BCUT2D eigenvalue weighted by Crippen LogP contribution is -2.45. The van der Waals surface area contributed by atoms with E-state index in [2.05, 4.69) is 34.9 Å². The quantitative estimate of drug-likeness (QED) is 0.898. The molecule has 1 aromatic rings. The summed E-state index contributed by atoms with van der Waals surface area (Å²) in [5.74, 6) is 0.439. The smallest absolute Gasteiger partial charge is 0.223 e. The molecule has 0 heterocycles. The first-order valence-corrected chi connectivity index (χ1v) is 8.75. The molecule has 3 heteroatoms. The summed E-state index contributed by atoms with van der Waals surface area (Å²) < 4.78 is 0. The first kappa shape index (κ1) is 15.5. The van der Waals surface area contributed by atoms with Crippen LogP contribution in [0.4, 0.5) is 0 Å². The Morgan fingerprint density at radius 3 is 2.41 bits per heavy atom. The second-order valence-corrected chi connectivity index (χ2v) is 7.26. The Balaban J connectivity index is 1.52.